The Labute approximate surface area is 85.3 Å². The molecule has 0 saturated carbocycles. The molecule has 76 valence electrons. The predicted molar refractivity (Wildman–Crippen MR) is 54.1 cm³/mol. The van der Waals surface area contributed by atoms with Gasteiger partial charge < -0.3 is 0 Å². The van der Waals surface area contributed by atoms with Crippen LogP contribution in [0, 0.1) is 10.7 Å². The lowest BCUT2D eigenvalue weighted by Crippen LogP contribution is -1.85. The Morgan fingerprint density at radius 3 is 2.80 bits per heavy atom. The van der Waals surface area contributed by atoms with Gasteiger partial charge in [-0.3, -0.25) is 4.68 Å². The standard InChI is InChI=1S/C10H8FN3O/c1-14-6-7(5-12-14)9-3-2-8(13-15)4-10(9)11/h2-6H,1H3. The predicted octanol–water partition coefficient (Wildman–Crippen LogP) is 2.62. The molecule has 0 radical (unpaired) electrons. The second-order valence-corrected chi connectivity index (χ2v) is 3.16. The van der Waals surface area contributed by atoms with Crippen LogP contribution < -0.4 is 0 Å². The van der Waals surface area contributed by atoms with Gasteiger partial charge in [-0.15, -0.1) is 4.91 Å². The lowest BCUT2D eigenvalue weighted by atomic mass is 10.1. The molecule has 0 saturated heterocycles. The van der Waals surface area contributed by atoms with Crippen LogP contribution in [0.1, 0.15) is 0 Å². The van der Waals surface area contributed by atoms with Gasteiger partial charge in [-0.05, 0) is 17.3 Å². The number of benzene rings is 1. The van der Waals surface area contributed by atoms with E-state index < -0.39 is 5.82 Å². The fourth-order valence-electron chi connectivity index (χ4n) is 1.36. The summed E-state index contributed by atoms with van der Waals surface area (Å²) in [7, 11) is 1.75. The van der Waals surface area contributed by atoms with Crippen LogP contribution in [-0.4, -0.2) is 9.78 Å². The van der Waals surface area contributed by atoms with E-state index in [9.17, 15) is 9.30 Å². The maximum absolute atomic E-state index is 13.5. The van der Waals surface area contributed by atoms with Gasteiger partial charge in [-0.1, -0.05) is 0 Å². The Kier molecular flexibility index (Phi) is 2.29. The van der Waals surface area contributed by atoms with Crippen LogP contribution in [-0.2, 0) is 7.05 Å². The number of aryl methyl sites for hydroxylation is 1. The number of aromatic nitrogens is 2. The molecule has 0 N–H and O–H groups in total. The summed E-state index contributed by atoms with van der Waals surface area (Å²) in [6, 6.07) is 4.09. The molecule has 2 rings (SSSR count). The topological polar surface area (TPSA) is 47.2 Å². The van der Waals surface area contributed by atoms with Gasteiger partial charge >= 0.3 is 0 Å². The van der Waals surface area contributed by atoms with Crippen LogP contribution in [0.5, 0.6) is 0 Å². The summed E-state index contributed by atoms with van der Waals surface area (Å²) in [6.07, 6.45) is 3.26. The molecule has 1 aromatic heterocycles. The first-order valence-electron chi connectivity index (χ1n) is 4.32. The molecular weight excluding hydrogens is 197 g/mol. The molecule has 0 atom stereocenters. The van der Waals surface area contributed by atoms with Gasteiger partial charge in [0.2, 0.25) is 0 Å². The maximum atomic E-state index is 13.5. The molecule has 0 bridgehead atoms. The second kappa shape index (κ2) is 3.61. The normalized spacial score (nSPS) is 10.3. The first-order valence-corrected chi connectivity index (χ1v) is 4.32. The zero-order chi connectivity index (χ0) is 10.8. The van der Waals surface area contributed by atoms with E-state index >= 15 is 0 Å². The van der Waals surface area contributed by atoms with E-state index in [1.54, 1.807) is 24.1 Å². The summed E-state index contributed by atoms with van der Waals surface area (Å²) in [4.78, 5) is 10.2. The Morgan fingerprint density at radius 2 is 2.27 bits per heavy atom. The van der Waals surface area contributed by atoms with Gasteiger partial charge in [0.05, 0.1) is 6.20 Å². The third kappa shape index (κ3) is 1.76. The second-order valence-electron chi connectivity index (χ2n) is 3.16. The van der Waals surface area contributed by atoms with Gasteiger partial charge in [0.15, 0.2) is 0 Å². The highest BCUT2D eigenvalue weighted by Gasteiger charge is 2.07. The van der Waals surface area contributed by atoms with E-state index in [1.165, 1.54) is 12.1 Å². The minimum Gasteiger partial charge on any atom is -0.275 e. The van der Waals surface area contributed by atoms with Crippen LogP contribution >= 0.6 is 0 Å². The summed E-state index contributed by atoms with van der Waals surface area (Å²) in [6.45, 7) is 0. The van der Waals surface area contributed by atoms with Crippen LogP contribution in [0.15, 0.2) is 35.8 Å². The fourth-order valence-corrected chi connectivity index (χ4v) is 1.36. The number of nitrogens with zero attached hydrogens (tertiary/aromatic N) is 3. The Balaban J connectivity index is 2.49. The molecule has 2 aromatic rings. The van der Waals surface area contributed by atoms with Crippen molar-refractivity contribution in [2.45, 2.75) is 0 Å². The SMILES string of the molecule is Cn1cc(-c2ccc(N=O)cc2F)cn1. The molecule has 5 heteroatoms. The molecule has 4 nitrogen and oxygen atoms in total. The fraction of sp³-hybridized carbons (Fsp3) is 0.100. The monoisotopic (exact) mass is 205 g/mol. The maximum Gasteiger partial charge on any atom is 0.133 e. The van der Waals surface area contributed by atoms with Crippen molar-refractivity contribution >= 4 is 5.69 Å². The van der Waals surface area contributed by atoms with Crippen molar-refractivity contribution in [2.75, 3.05) is 0 Å². The molecule has 1 heterocycles. The molecule has 0 fully saturated rings. The lowest BCUT2D eigenvalue weighted by molar-refractivity contribution is 0.631. The summed E-state index contributed by atoms with van der Waals surface area (Å²) in [5.41, 5.74) is 1.17. The minimum atomic E-state index is -0.472. The quantitative estimate of drug-likeness (QED) is 0.707. The van der Waals surface area contributed by atoms with Crippen molar-refractivity contribution in [3.05, 3.63) is 41.3 Å². The average Bonchev–Trinajstić information content (AvgIpc) is 2.64. The van der Waals surface area contributed by atoms with E-state index in [2.05, 4.69) is 10.3 Å². The van der Waals surface area contributed by atoms with Crippen molar-refractivity contribution in [2.24, 2.45) is 12.2 Å². The van der Waals surface area contributed by atoms with Gasteiger partial charge in [-0.2, -0.15) is 5.10 Å². The Hall–Kier alpha value is -2.04. The number of rotatable bonds is 2. The van der Waals surface area contributed by atoms with Crippen molar-refractivity contribution in [3.8, 4) is 11.1 Å². The van der Waals surface area contributed by atoms with Crippen molar-refractivity contribution in [1.29, 1.82) is 0 Å². The molecule has 0 aliphatic carbocycles. The smallest absolute Gasteiger partial charge is 0.133 e. The van der Waals surface area contributed by atoms with E-state index in [-0.39, 0.29) is 5.69 Å². The molecular formula is C10H8FN3O. The van der Waals surface area contributed by atoms with Crippen molar-refractivity contribution < 1.29 is 4.39 Å². The number of hydrogen-bond acceptors (Lipinski definition) is 3. The summed E-state index contributed by atoms with van der Waals surface area (Å²) in [5.74, 6) is -0.472. The Morgan fingerprint density at radius 1 is 1.47 bits per heavy atom. The van der Waals surface area contributed by atoms with E-state index in [4.69, 9.17) is 0 Å². The molecule has 0 aliphatic rings. The van der Waals surface area contributed by atoms with Crippen LogP contribution in [0.3, 0.4) is 0 Å². The van der Waals surface area contributed by atoms with Gasteiger partial charge in [0.25, 0.3) is 0 Å². The Bertz CT molecular complexity index is 507. The van der Waals surface area contributed by atoms with Crippen molar-refractivity contribution in [1.82, 2.24) is 9.78 Å². The van der Waals surface area contributed by atoms with Crippen LogP contribution in [0.25, 0.3) is 11.1 Å². The average molecular weight is 205 g/mol. The molecule has 0 amide bonds. The first kappa shape index (κ1) is 9.51. The molecule has 0 spiro atoms. The summed E-state index contributed by atoms with van der Waals surface area (Å²) >= 11 is 0. The number of nitroso groups, excluding NO2 is 1. The molecule has 0 aliphatic heterocycles. The third-order valence-electron chi connectivity index (χ3n) is 2.07. The van der Waals surface area contributed by atoms with Gasteiger partial charge in [0, 0.05) is 30.4 Å². The lowest BCUT2D eigenvalue weighted by Gasteiger charge is -1.99. The zero-order valence-electron chi connectivity index (χ0n) is 8.01. The van der Waals surface area contributed by atoms with E-state index in [1.807, 2.05) is 0 Å². The highest BCUT2D eigenvalue weighted by molar-refractivity contribution is 5.64. The largest absolute Gasteiger partial charge is 0.275 e. The number of halogens is 1. The highest BCUT2D eigenvalue weighted by Crippen LogP contribution is 2.25. The van der Waals surface area contributed by atoms with Crippen LogP contribution in [0.2, 0.25) is 0 Å². The molecule has 15 heavy (non-hydrogen) atoms. The summed E-state index contributed by atoms with van der Waals surface area (Å²) < 4.78 is 15.1. The van der Waals surface area contributed by atoms with Crippen LogP contribution in [0.4, 0.5) is 10.1 Å². The van der Waals surface area contributed by atoms with E-state index in [0.29, 0.717) is 11.1 Å². The third-order valence-corrected chi connectivity index (χ3v) is 2.07. The first-order chi connectivity index (χ1) is 7.20. The van der Waals surface area contributed by atoms with E-state index in [0.717, 1.165) is 6.07 Å². The summed E-state index contributed by atoms with van der Waals surface area (Å²) in [5, 5.41) is 6.60. The molecule has 0 unspecified atom stereocenters. The molecule has 1 aromatic carbocycles. The van der Waals surface area contributed by atoms with Gasteiger partial charge in [-0.25, -0.2) is 4.39 Å². The van der Waals surface area contributed by atoms with Crippen molar-refractivity contribution in [3.63, 3.8) is 0 Å². The minimum absolute atomic E-state index is 0.0835. The van der Waals surface area contributed by atoms with Gasteiger partial charge in [0.1, 0.15) is 11.5 Å². The number of hydrogen-bond donors (Lipinski definition) is 0. The zero-order valence-corrected chi connectivity index (χ0v) is 8.01. The highest BCUT2D eigenvalue weighted by atomic mass is 19.1.